The second kappa shape index (κ2) is 6.20. The highest BCUT2D eigenvalue weighted by Crippen LogP contribution is 2.21. The van der Waals surface area contributed by atoms with Gasteiger partial charge in [0.25, 0.3) is 0 Å². The fraction of sp³-hybridized carbons (Fsp3) is 0.500. The van der Waals surface area contributed by atoms with Gasteiger partial charge in [-0.2, -0.15) is 5.10 Å². The van der Waals surface area contributed by atoms with Gasteiger partial charge in [0.1, 0.15) is 0 Å². The molecule has 1 fully saturated rings. The summed E-state index contributed by atoms with van der Waals surface area (Å²) < 4.78 is 22.9. The van der Waals surface area contributed by atoms with E-state index in [0.29, 0.717) is 6.42 Å². The van der Waals surface area contributed by atoms with E-state index in [1.54, 1.807) is 0 Å². The number of hydrogen-bond acceptors (Lipinski definition) is 4. The maximum atomic E-state index is 12.1. The van der Waals surface area contributed by atoms with Gasteiger partial charge in [0.15, 0.2) is 9.84 Å². The van der Waals surface area contributed by atoms with Crippen LogP contribution in [0.5, 0.6) is 0 Å². The van der Waals surface area contributed by atoms with Crippen LogP contribution in [0.4, 0.5) is 0 Å². The van der Waals surface area contributed by atoms with Crippen molar-refractivity contribution in [3.8, 4) is 0 Å². The van der Waals surface area contributed by atoms with Crippen LogP contribution in [0.3, 0.4) is 0 Å². The fourth-order valence-corrected chi connectivity index (χ4v) is 4.84. The molecule has 1 unspecified atom stereocenters. The summed E-state index contributed by atoms with van der Waals surface area (Å²) in [7, 11) is -3.05. The lowest BCUT2D eigenvalue weighted by Crippen LogP contribution is -2.28. The van der Waals surface area contributed by atoms with Gasteiger partial charge < -0.3 is 0 Å². The minimum atomic E-state index is -3.05. The average Bonchev–Trinajstić information content (AvgIpc) is 2.75. The van der Waals surface area contributed by atoms with Gasteiger partial charge in [-0.1, -0.05) is 24.3 Å². The van der Waals surface area contributed by atoms with Crippen molar-refractivity contribution < 1.29 is 13.2 Å². The van der Waals surface area contributed by atoms with E-state index in [1.807, 2.05) is 18.2 Å². The van der Waals surface area contributed by atoms with E-state index < -0.39 is 15.8 Å². The zero-order valence-electron chi connectivity index (χ0n) is 12.4. The number of hydrogen-bond donors (Lipinski definition) is 1. The Morgan fingerprint density at radius 2 is 1.95 bits per heavy atom. The molecule has 118 valence electrons. The molecule has 0 saturated carbocycles. The van der Waals surface area contributed by atoms with Crippen LogP contribution in [-0.2, 0) is 21.1 Å². The van der Waals surface area contributed by atoms with E-state index in [0.717, 1.165) is 37.0 Å². The lowest BCUT2D eigenvalue weighted by Gasteiger charge is -2.09. The quantitative estimate of drug-likeness (QED) is 0.665. The van der Waals surface area contributed by atoms with Crippen molar-refractivity contribution in [1.82, 2.24) is 5.43 Å². The molecule has 0 spiro atoms. The summed E-state index contributed by atoms with van der Waals surface area (Å²) in [6.07, 6.45) is 4.42. The van der Waals surface area contributed by atoms with Crippen molar-refractivity contribution in [2.24, 2.45) is 11.0 Å². The zero-order chi connectivity index (χ0) is 15.6. The lowest BCUT2D eigenvalue weighted by atomic mass is 10.0. The molecule has 1 N–H and O–H groups in total. The Morgan fingerprint density at radius 1 is 1.18 bits per heavy atom. The summed E-state index contributed by atoms with van der Waals surface area (Å²) >= 11 is 0. The van der Waals surface area contributed by atoms with Gasteiger partial charge in [0, 0.05) is 5.56 Å². The molecule has 1 aromatic carbocycles. The molecular formula is C16H20N2O3S. The first-order valence-corrected chi connectivity index (χ1v) is 9.52. The van der Waals surface area contributed by atoms with E-state index in [4.69, 9.17) is 0 Å². The average molecular weight is 320 g/mol. The molecule has 0 aromatic heterocycles. The van der Waals surface area contributed by atoms with Crippen molar-refractivity contribution in [2.75, 3.05) is 11.5 Å². The van der Waals surface area contributed by atoms with Gasteiger partial charge in [-0.05, 0) is 37.7 Å². The van der Waals surface area contributed by atoms with Gasteiger partial charge in [-0.25, -0.2) is 13.8 Å². The van der Waals surface area contributed by atoms with Crippen LogP contribution in [0.2, 0.25) is 0 Å². The summed E-state index contributed by atoms with van der Waals surface area (Å²) in [4.78, 5) is 12.1. The van der Waals surface area contributed by atoms with Crippen molar-refractivity contribution in [3.05, 3.63) is 35.4 Å². The van der Waals surface area contributed by atoms with Gasteiger partial charge >= 0.3 is 0 Å². The minimum absolute atomic E-state index is 0.0553. The van der Waals surface area contributed by atoms with Crippen molar-refractivity contribution in [3.63, 3.8) is 0 Å². The number of hydrazone groups is 1. The normalized spacial score (nSPS) is 25.5. The zero-order valence-corrected chi connectivity index (χ0v) is 13.2. The fourth-order valence-electron chi connectivity index (χ4n) is 3.09. The SMILES string of the molecule is O=C(NN=C1CCCCc2ccccc21)C1CCS(=O)(=O)C1. The topological polar surface area (TPSA) is 75.6 Å². The van der Waals surface area contributed by atoms with Gasteiger partial charge in [0.2, 0.25) is 5.91 Å². The molecule has 0 radical (unpaired) electrons. The standard InChI is InChI=1S/C16H20N2O3S/c19-16(13-9-10-22(20,21)11-13)18-17-15-8-4-2-6-12-5-1-3-7-14(12)15/h1,3,5,7,13H,2,4,6,8-11H2,(H,18,19). The molecule has 1 amide bonds. The number of aryl methyl sites for hydroxylation is 1. The van der Waals surface area contributed by atoms with Gasteiger partial charge in [-0.3, -0.25) is 4.79 Å². The van der Waals surface area contributed by atoms with Gasteiger partial charge in [-0.15, -0.1) is 0 Å². The Labute approximate surface area is 130 Å². The maximum Gasteiger partial charge on any atom is 0.244 e. The number of rotatable bonds is 2. The first kappa shape index (κ1) is 15.2. The lowest BCUT2D eigenvalue weighted by molar-refractivity contribution is -0.124. The third-order valence-electron chi connectivity index (χ3n) is 4.34. The Hall–Kier alpha value is -1.69. The summed E-state index contributed by atoms with van der Waals surface area (Å²) in [5.41, 5.74) is 5.83. The molecule has 3 rings (SSSR count). The summed E-state index contributed by atoms with van der Waals surface area (Å²) in [5, 5.41) is 4.30. The van der Waals surface area contributed by atoms with Crippen molar-refractivity contribution in [2.45, 2.75) is 32.1 Å². The second-order valence-corrected chi connectivity index (χ2v) is 8.23. The summed E-state index contributed by atoms with van der Waals surface area (Å²) in [5.74, 6) is -0.698. The Morgan fingerprint density at radius 3 is 2.73 bits per heavy atom. The summed E-state index contributed by atoms with van der Waals surface area (Å²) in [6.45, 7) is 0. The number of sulfone groups is 1. The first-order valence-electron chi connectivity index (χ1n) is 7.70. The van der Waals surface area contributed by atoms with E-state index in [9.17, 15) is 13.2 Å². The Balaban J connectivity index is 1.74. The molecule has 1 saturated heterocycles. The number of amides is 1. The molecule has 2 aliphatic rings. The van der Waals surface area contributed by atoms with E-state index in [-0.39, 0.29) is 17.4 Å². The number of carbonyl (C=O) groups is 1. The molecule has 1 atom stereocenters. The molecule has 0 bridgehead atoms. The predicted molar refractivity (Wildman–Crippen MR) is 85.4 cm³/mol. The first-order chi connectivity index (χ1) is 10.6. The highest BCUT2D eigenvalue weighted by atomic mass is 32.2. The van der Waals surface area contributed by atoms with Crippen LogP contribution in [-0.4, -0.2) is 31.5 Å². The maximum absolute atomic E-state index is 12.1. The third-order valence-corrected chi connectivity index (χ3v) is 6.11. The Kier molecular flexibility index (Phi) is 4.29. The molecule has 1 aromatic rings. The second-order valence-electron chi connectivity index (χ2n) is 6.00. The van der Waals surface area contributed by atoms with Crippen LogP contribution in [0, 0.1) is 5.92 Å². The molecule has 1 aliphatic carbocycles. The number of carbonyl (C=O) groups excluding carboxylic acids is 1. The number of nitrogens with zero attached hydrogens (tertiary/aromatic N) is 1. The summed E-state index contributed by atoms with van der Waals surface area (Å²) in [6, 6.07) is 8.13. The molecule has 5 nitrogen and oxygen atoms in total. The van der Waals surface area contributed by atoms with E-state index in [2.05, 4.69) is 16.6 Å². The van der Waals surface area contributed by atoms with Gasteiger partial charge in [0.05, 0.1) is 23.1 Å². The van der Waals surface area contributed by atoms with E-state index >= 15 is 0 Å². The monoisotopic (exact) mass is 320 g/mol. The molecule has 1 aliphatic heterocycles. The molecular weight excluding hydrogens is 300 g/mol. The van der Waals surface area contributed by atoms with Crippen LogP contribution in [0.1, 0.15) is 36.8 Å². The third kappa shape index (κ3) is 3.38. The smallest absolute Gasteiger partial charge is 0.244 e. The predicted octanol–water partition coefficient (Wildman–Crippen LogP) is 1.67. The van der Waals surface area contributed by atoms with E-state index in [1.165, 1.54) is 5.56 Å². The molecule has 22 heavy (non-hydrogen) atoms. The highest BCUT2D eigenvalue weighted by molar-refractivity contribution is 7.91. The molecule has 6 heteroatoms. The number of fused-ring (bicyclic) bond motifs is 1. The van der Waals surface area contributed by atoms with Crippen LogP contribution in [0.15, 0.2) is 29.4 Å². The molecule has 1 heterocycles. The van der Waals surface area contributed by atoms with Crippen LogP contribution < -0.4 is 5.43 Å². The van der Waals surface area contributed by atoms with Crippen molar-refractivity contribution in [1.29, 1.82) is 0 Å². The number of nitrogens with one attached hydrogen (secondary N) is 1. The van der Waals surface area contributed by atoms with Crippen LogP contribution >= 0.6 is 0 Å². The van der Waals surface area contributed by atoms with Crippen LogP contribution in [0.25, 0.3) is 0 Å². The minimum Gasteiger partial charge on any atom is -0.273 e. The van der Waals surface area contributed by atoms with Crippen molar-refractivity contribution >= 4 is 21.5 Å². The number of benzene rings is 1. The Bertz CT molecular complexity index is 710. The largest absolute Gasteiger partial charge is 0.273 e. The highest BCUT2D eigenvalue weighted by Gasteiger charge is 2.33.